The zero-order valence-electron chi connectivity index (χ0n) is 19.6. The number of likely N-dealkylation sites (tertiary alicyclic amines) is 1. The van der Waals surface area contributed by atoms with E-state index in [9.17, 15) is 0 Å². The number of ether oxygens (including phenoxy) is 1. The summed E-state index contributed by atoms with van der Waals surface area (Å²) in [5.41, 5.74) is 0. The van der Waals surface area contributed by atoms with Crippen LogP contribution in [0, 0.1) is 6.92 Å². The predicted molar refractivity (Wildman–Crippen MR) is 136 cm³/mol. The summed E-state index contributed by atoms with van der Waals surface area (Å²) < 4.78 is 7.45. The van der Waals surface area contributed by atoms with Gasteiger partial charge in [-0.05, 0) is 46.0 Å². The smallest absolute Gasteiger partial charge is 0.191 e. The summed E-state index contributed by atoms with van der Waals surface area (Å²) in [6, 6.07) is 1.30. The van der Waals surface area contributed by atoms with Crippen LogP contribution in [-0.4, -0.2) is 70.6 Å². The molecule has 1 aliphatic heterocycles. The fourth-order valence-corrected chi connectivity index (χ4v) is 4.46. The van der Waals surface area contributed by atoms with Gasteiger partial charge in [-0.2, -0.15) is 0 Å². The molecular weight excluding hydrogens is 505 g/mol. The normalized spacial score (nSPS) is 19.3. The van der Waals surface area contributed by atoms with Crippen LogP contribution < -0.4 is 10.6 Å². The molecule has 1 aromatic heterocycles. The zero-order chi connectivity index (χ0) is 21.2. The third-order valence-electron chi connectivity index (χ3n) is 6.48. The van der Waals surface area contributed by atoms with Gasteiger partial charge in [0.05, 0.1) is 0 Å². The Hall–Kier alpha value is -0.940. The highest BCUT2D eigenvalue weighted by Crippen LogP contribution is 2.25. The van der Waals surface area contributed by atoms with E-state index < -0.39 is 0 Å². The molecule has 8 nitrogen and oxygen atoms in total. The molecule has 0 spiro atoms. The number of rotatable bonds is 9. The van der Waals surface area contributed by atoms with E-state index in [1.54, 1.807) is 0 Å². The molecule has 0 bridgehead atoms. The third kappa shape index (κ3) is 8.49. The molecule has 178 valence electrons. The van der Waals surface area contributed by atoms with E-state index in [4.69, 9.17) is 9.73 Å². The van der Waals surface area contributed by atoms with Gasteiger partial charge in [-0.3, -0.25) is 0 Å². The van der Waals surface area contributed by atoms with E-state index in [2.05, 4.69) is 25.7 Å². The highest BCUT2D eigenvalue weighted by Gasteiger charge is 2.26. The lowest BCUT2D eigenvalue weighted by Crippen LogP contribution is -2.51. The zero-order valence-corrected chi connectivity index (χ0v) is 21.9. The Morgan fingerprint density at radius 3 is 2.52 bits per heavy atom. The number of halogens is 1. The van der Waals surface area contributed by atoms with Gasteiger partial charge in [0, 0.05) is 52.0 Å². The summed E-state index contributed by atoms with van der Waals surface area (Å²) in [6.45, 7) is 9.31. The Morgan fingerprint density at radius 2 is 1.87 bits per heavy atom. The Bertz CT molecular complexity index is 652. The second-order valence-electron chi connectivity index (χ2n) is 8.61. The summed E-state index contributed by atoms with van der Waals surface area (Å²) in [5, 5.41) is 15.5. The first-order chi connectivity index (χ1) is 14.7. The topological polar surface area (TPSA) is 79.6 Å². The van der Waals surface area contributed by atoms with Gasteiger partial charge in [-0.25, -0.2) is 4.99 Å². The first-order valence-corrected chi connectivity index (χ1v) is 11.9. The van der Waals surface area contributed by atoms with E-state index in [1.165, 1.54) is 58.0 Å². The minimum atomic E-state index is 0. The van der Waals surface area contributed by atoms with Gasteiger partial charge in [0.1, 0.15) is 12.4 Å². The van der Waals surface area contributed by atoms with Crippen molar-refractivity contribution in [3.63, 3.8) is 0 Å². The minimum absolute atomic E-state index is 0. The molecule has 2 aliphatic rings. The quantitative estimate of drug-likeness (QED) is 0.214. The summed E-state index contributed by atoms with van der Waals surface area (Å²) in [5.74, 6) is 2.67. The van der Waals surface area contributed by atoms with E-state index in [1.807, 2.05) is 25.5 Å². The number of aliphatic imine (C=N–C) groups is 1. The van der Waals surface area contributed by atoms with Crippen LogP contribution in [0.3, 0.4) is 0 Å². The molecule has 9 heteroatoms. The lowest BCUT2D eigenvalue weighted by molar-refractivity contribution is 0.119. The van der Waals surface area contributed by atoms with E-state index in [0.717, 1.165) is 49.8 Å². The summed E-state index contributed by atoms with van der Waals surface area (Å²) in [4.78, 5) is 7.53. The molecule has 1 saturated carbocycles. The van der Waals surface area contributed by atoms with Crippen molar-refractivity contribution in [3.8, 4) is 0 Å². The average molecular weight is 548 g/mol. The minimum Gasteiger partial charge on any atom is -0.382 e. The molecule has 0 unspecified atom stereocenters. The molecule has 0 atom stereocenters. The van der Waals surface area contributed by atoms with Crippen LogP contribution in [0.25, 0.3) is 0 Å². The van der Waals surface area contributed by atoms with Crippen LogP contribution in [0.15, 0.2) is 4.99 Å². The highest BCUT2D eigenvalue weighted by molar-refractivity contribution is 14.0. The van der Waals surface area contributed by atoms with Gasteiger partial charge in [0.25, 0.3) is 0 Å². The van der Waals surface area contributed by atoms with Crippen LogP contribution in [0.1, 0.15) is 69.9 Å². The van der Waals surface area contributed by atoms with Crippen molar-refractivity contribution in [2.24, 2.45) is 12.0 Å². The van der Waals surface area contributed by atoms with Crippen LogP contribution in [0.2, 0.25) is 0 Å². The number of guanidine groups is 1. The molecule has 0 amide bonds. The third-order valence-corrected chi connectivity index (χ3v) is 6.48. The van der Waals surface area contributed by atoms with Crippen molar-refractivity contribution in [2.45, 2.75) is 83.8 Å². The summed E-state index contributed by atoms with van der Waals surface area (Å²) in [6.07, 6.45) is 10.4. The number of nitrogens with one attached hydrogen (secondary N) is 2. The van der Waals surface area contributed by atoms with Crippen molar-refractivity contribution in [1.29, 1.82) is 0 Å². The lowest BCUT2D eigenvalue weighted by Gasteiger charge is -2.39. The second-order valence-corrected chi connectivity index (χ2v) is 8.61. The number of piperidine rings is 1. The maximum atomic E-state index is 5.46. The van der Waals surface area contributed by atoms with Crippen molar-refractivity contribution >= 4 is 29.9 Å². The maximum Gasteiger partial charge on any atom is 0.191 e. The van der Waals surface area contributed by atoms with Crippen molar-refractivity contribution < 1.29 is 4.74 Å². The van der Waals surface area contributed by atoms with Crippen LogP contribution in [0.4, 0.5) is 0 Å². The van der Waals surface area contributed by atoms with E-state index in [0.29, 0.717) is 12.6 Å². The molecule has 1 saturated heterocycles. The molecular formula is C22H42IN7O. The summed E-state index contributed by atoms with van der Waals surface area (Å²) >= 11 is 0. The molecule has 0 aromatic carbocycles. The van der Waals surface area contributed by atoms with Crippen molar-refractivity contribution in [3.05, 3.63) is 11.6 Å². The Balaban J connectivity index is 0.00000341. The lowest BCUT2D eigenvalue weighted by atomic mass is 9.92. The molecule has 3 rings (SSSR count). The van der Waals surface area contributed by atoms with Crippen molar-refractivity contribution in [1.82, 2.24) is 30.3 Å². The SMILES string of the molecule is CCOCCCNC(=NCc1nnc(C)n1C)NC1CCN(C2CCCCC2)CC1.I. The van der Waals surface area contributed by atoms with Gasteiger partial charge in [-0.15, -0.1) is 34.2 Å². The first-order valence-electron chi connectivity index (χ1n) is 11.9. The van der Waals surface area contributed by atoms with Gasteiger partial charge in [0.2, 0.25) is 0 Å². The molecule has 2 fully saturated rings. The van der Waals surface area contributed by atoms with Crippen LogP contribution in [0.5, 0.6) is 0 Å². The molecule has 2 N–H and O–H groups in total. The van der Waals surface area contributed by atoms with E-state index >= 15 is 0 Å². The fourth-order valence-electron chi connectivity index (χ4n) is 4.46. The molecule has 2 heterocycles. The molecule has 1 aromatic rings. The molecule has 0 radical (unpaired) electrons. The molecule has 31 heavy (non-hydrogen) atoms. The largest absolute Gasteiger partial charge is 0.382 e. The Labute approximate surface area is 205 Å². The van der Waals surface area contributed by atoms with Gasteiger partial charge in [0.15, 0.2) is 11.8 Å². The second kappa shape index (κ2) is 14.3. The first kappa shape index (κ1) is 26.3. The Morgan fingerprint density at radius 1 is 1.13 bits per heavy atom. The van der Waals surface area contributed by atoms with Crippen LogP contribution in [-0.2, 0) is 18.3 Å². The van der Waals surface area contributed by atoms with Gasteiger partial charge in [-0.1, -0.05) is 19.3 Å². The van der Waals surface area contributed by atoms with Gasteiger partial charge >= 0.3 is 0 Å². The number of hydrogen-bond donors (Lipinski definition) is 2. The highest BCUT2D eigenvalue weighted by atomic mass is 127. The standard InChI is InChI=1S/C22H41N7O.HI/c1-4-30-16-8-13-23-22(24-17-21-27-26-18(2)28(21)3)25-19-11-14-29(15-12-19)20-9-6-5-7-10-20;/h19-20H,4-17H2,1-3H3,(H2,23,24,25);1H. The maximum absolute atomic E-state index is 5.46. The van der Waals surface area contributed by atoms with Crippen molar-refractivity contribution in [2.75, 3.05) is 32.8 Å². The monoisotopic (exact) mass is 547 g/mol. The predicted octanol–water partition coefficient (Wildman–Crippen LogP) is 3.00. The van der Waals surface area contributed by atoms with Gasteiger partial charge < -0.3 is 24.8 Å². The average Bonchev–Trinajstić information content (AvgIpc) is 3.10. The number of aryl methyl sites for hydroxylation is 1. The Kier molecular flexibility index (Phi) is 12.1. The van der Waals surface area contributed by atoms with E-state index in [-0.39, 0.29) is 24.0 Å². The number of aromatic nitrogens is 3. The van der Waals surface area contributed by atoms with Crippen LogP contribution >= 0.6 is 24.0 Å². The summed E-state index contributed by atoms with van der Waals surface area (Å²) in [7, 11) is 1.99. The number of nitrogens with zero attached hydrogens (tertiary/aromatic N) is 5. The fraction of sp³-hybridized carbons (Fsp3) is 0.864. The molecule has 1 aliphatic carbocycles. The number of hydrogen-bond acceptors (Lipinski definition) is 5.